The van der Waals surface area contributed by atoms with Crippen molar-refractivity contribution in [2.24, 2.45) is 13.0 Å². The second-order valence-corrected chi connectivity index (χ2v) is 6.96. The molecule has 0 aliphatic heterocycles. The molecule has 2 rings (SSSR count). The lowest BCUT2D eigenvalue weighted by Crippen LogP contribution is -2.18. The van der Waals surface area contributed by atoms with E-state index in [1.807, 2.05) is 29.7 Å². The zero-order valence-corrected chi connectivity index (χ0v) is 14.0. The van der Waals surface area contributed by atoms with Gasteiger partial charge >= 0.3 is 0 Å². The molecule has 0 bridgehead atoms. The molecule has 0 unspecified atom stereocenters. The number of hydrogen-bond acceptors (Lipinski definition) is 3. The van der Waals surface area contributed by atoms with E-state index in [1.165, 1.54) is 16.0 Å². The van der Waals surface area contributed by atoms with Crippen LogP contribution in [-0.4, -0.2) is 22.1 Å². The second kappa shape index (κ2) is 8.25. The van der Waals surface area contributed by atoms with Crippen LogP contribution in [0.3, 0.4) is 0 Å². The topological polar surface area (TPSA) is 29.9 Å². The third-order valence-electron chi connectivity index (χ3n) is 3.20. The summed E-state index contributed by atoms with van der Waals surface area (Å²) in [5.74, 6) is 1.79. The van der Waals surface area contributed by atoms with Crippen LogP contribution in [0.25, 0.3) is 0 Å². The molecule has 1 aromatic heterocycles. The summed E-state index contributed by atoms with van der Waals surface area (Å²) >= 11 is 1.91. The summed E-state index contributed by atoms with van der Waals surface area (Å²) < 4.78 is 1.86. The molecule has 1 heterocycles. The third kappa shape index (κ3) is 5.94. The van der Waals surface area contributed by atoms with Gasteiger partial charge in [-0.05, 0) is 42.1 Å². The van der Waals surface area contributed by atoms with Crippen LogP contribution in [0.5, 0.6) is 0 Å². The van der Waals surface area contributed by atoms with Gasteiger partial charge in [-0.2, -0.15) is 5.10 Å². The smallest absolute Gasteiger partial charge is 0.0521 e. The van der Waals surface area contributed by atoms with Crippen molar-refractivity contribution in [1.82, 2.24) is 15.1 Å². The van der Waals surface area contributed by atoms with Crippen LogP contribution in [-0.2, 0) is 20.0 Å². The first-order chi connectivity index (χ1) is 10.1. The van der Waals surface area contributed by atoms with E-state index in [-0.39, 0.29) is 0 Å². The van der Waals surface area contributed by atoms with E-state index in [2.05, 4.69) is 54.7 Å². The van der Waals surface area contributed by atoms with E-state index >= 15 is 0 Å². The minimum atomic E-state index is 0.696. The van der Waals surface area contributed by atoms with Crippen molar-refractivity contribution in [3.63, 3.8) is 0 Å². The Morgan fingerprint density at radius 1 is 1.29 bits per heavy atom. The average molecular weight is 303 g/mol. The maximum atomic E-state index is 4.20. The SMILES string of the molecule is CC(C)CNCc1cccc(SCCc2cnn(C)c2)c1. The monoisotopic (exact) mass is 303 g/mol. The van der Waals surface area contributed by atoms with Crippen molar-refractivity contribution in [3.8, 4) is 0 Å². The number of thioether (sulfide) groups is 1. The highest BCUT2D eigenvalue weighted by molar-refractivity contribution is 7.99. The molecule has 0 fully saturated rings. The highest BCUT2D eigenvalue weighted by atomic mass is 32.2. The number of nitrogens with zero attached hydrogens (tertiary/aromatic N) is 2. The molecule has 4 heteroatoms. The number of benzene rings is 1. The average Bonchev–Trinajstić information content (AvgIpc) is 2.85. The molecule has 0 atom stereocenters. The zero-order valence-electron chi connectivity index (χ0n) is 13.2. The number of aryl methyl sites for hydroxylation is 2. The van der Waals surface area contributed by atoms with E-state index < -0.39 is 0 Å². The molecule has 3 nitrogen and oxygen atoms in total. The Hall–Kier alpha value is -1.26. The van der Waals surface area contributed by atoms with Crippen LogP contribution in [0.2, 0.25) is 0 Å². The molecule has 114 valence electrons. The fraction of sp³-hybridized carbons (Fsp3) is 0.471. The van der Waals surface area contributed by atoms with Gasteiger partial charge in [0.25, 0.3) is 0 Å². The lowest BCUT2D eigenvalue weighted by molar-refractivity contribution is 0.552. The van der Waals surface area contributed by atoms with Gasteiger partial charge in [-0.25, -0.2) is 0 Å². The standard InChI is InChI=1S/C17H25N3S/c1-14(2)10-18-11-15-5-4-6-17(9-15)21-8-7-16-12-19-20(3)13-16/h4-6,9,12-14,18H,7-8,10-11H2,1-3H3. The molecule has 1 N–H and O–H groups in total. The molecule has 0 aliphatic carbocycles. The van der Waals surface area contributed by atoms with E-state index in [0.29, 0.717) is 5.92 Å². The lowest BCUT2D eigenvalue weighted by Gasteiger charge is -2.08. The summed E-state index contributed by atoms with van der Waals surface area (Å²) in [6, 6.07) is 8.83. The summed E-state index contributed by atoms with van der Waals surface area (Å²) in [4.78, 5) is 1.35. The second-order valence-electron chi connectivity index (χ2n) is 5.79. The molecule has 0 saturated heterocycles. The van der Waals surface area contributed by atoms with Gasteiger partial charge in [0.05, 0.1) is 6.20 Å². The molecule has 0 spiro atoms. The number of hydrogen-bond donors (Lipinski definition) is 1. The third-order valence-corrected chi connectivity index (χ3v) is 4.19. The highest BCUT2D eigenvalue weighted by Gasteiger charge is 2.00. The van der Waals surface area contributed by atoms with Crippen molar-refractivity contribution in [3.05, 3.63) is 47.8 Å². The summed E-state index contributed by atoms with van der Waals surface area (Å²) in [6.45, 7) is 6.49. The fourth-order valence-electron chi connectivity index (χ4n) is 2.14. The van der Waals surface area contributed by atoms with Gasteiger partial charge in [-0.15, -0.1) is 11.8 Å². The normalized spacial score (nSPS) is 11.2. The van der Waals surface area contributed by atoms with Gasteiger partial charge in [-0.1, -0.05) is 26.0 Å². The molecule has 2 aromatic rings. The van der Waals surface area contributed by atoms with Crippen LogP contribution in [0.15, 0.2) is 41.6 Å². The molecule has 0 aliphatic rings. The van der Waals surface area contributed by atoms with E-state index in [9.17, 15) is 0 Å². The van der Waals surface area contributed by atoms with Crippen LogP contribution < -0.4 is 5.32 Å². The lowest BCUT2D eigenvalue weighted by atomic mass is 10.2. The summed E-state index contributed by atoms with van der Waals surface area (Å²) in [6.07, 6.45) is 5.11. The molecular weight excluding hydrogens is 278 g/mol. The van der Waals surface area contributed by atoms with Gasteiger partial charge in [-0.3, -0.25) is 4.68 Å². The largest absolute Gasteiger partial charge is 0.312 e. The minimum Gasteiger partial charge on any atom is -0.312 e. The van der Waals surface area contributed by atoms with Crippen molar-refractivity contribution in [2.75, 3.05) is 12.3 Å². The molecule has 1 aromatic carbocycles. The molecule has 0 amide bonds. The van der Waals surface area contributed by atoms with Gasteiger partial charge in [0.1, 0.15) is 0 Å². The van der Waals surface area contributed by atoms with E-state index in [1.54, 1.807) is 0 Å². The van der Waals surface area contributed by atoms with Gasteiger partial charge in [0.15, 0.2) is 0 Å². The van der Waals surface area contributed by atoms with E-state index in [4.69, 9.17) is 0 Å². The molecule has 0 saturated carbocycles. The first-order valence-electron chi connectivity index (χ1n) is 7.53. The Balaban J connectivity index is 1.77. The Kier molecular flexibility index (Phi) is 6.33. The zero-order chi connectivity index (χ0) is 15.1. The van der Waals surface area contributed by atoms with Crippen molar-refractivity contribution in [1.29, 1.82) is 0 Å². The quantitative estimate of drug-likeness (QED) is 0.757. The summed E-state index contributed by atoms with van der Waals surface area (Å²) in [5, 5.41) is 7.70. The number of aromatic nitrogens is 2. The van der Waals surface area contributed by atoms with Gasteiger partial charge in [0.2, 0.25) is 0 Å². The van der Waals surface area contributed by atoms with Crippen LogP contribution in [0.1, 0.15) is 25.0 Å². The Labute approximate surface area is 132 Å². The van der Waals surface area contributed by atoms with Crippen molar-refractivity contribution >= 4 is 11.8 Å². The first-order valence-corrected chi connectivity index (χ1v) is 8.52. The van der Waals surface area contributed by atoms with Gasteiger partial charge in [0, 0.05) is 30.4 Å². The molecule has 0 radical (unpaired) electrons. The number of rotatable bonds is 8. The van der Waals surface area contributed by atoms with Gasteiger partial charge < -0.3 is 5.32 Å². The maximum Gasteiger partial charge on any atom is 0.0521 e. The Morgan fingerprint density at radius 2 is 2.14 bits per heavy atom. The highest BCUT2D eigenvalue weighted by Crippen LogP contribution is 2.20. The summed E-state index contributed by atoms with van der Waals surface area (Å²) in [7, 11) is 1.96. The predicted molar refractivity (Wildman–Crippen MR) is 90.6 cm³/mol. The van der Waals surface area contributed by atoms with E-state index in [0.717, 1.165) is 25.3 Å². The first kappa shape index (κ1) is 16.1. The molecular formula is C17H25N3S. The molecule has 21 heavy (non-hydrogen) atoms. The van der Waals surface area contributed by atoms with Crippen LogP contribution in [0.4, 0.5) is 0 Å². The Bertz CT molecular complexity index is 548. The number of nitrogens with one attached hydrogen (secondary N) is 1. The van der Waals surface area contributed by atoms with Crippen LogP contribution >= 0.6 is 11.8 Å². The van der Waals surface area contributed by atoms with Crippen molar-refractivity contribution < 1.29 is 0 Å². The Morgan fingerprint density at radius 3 is 2.86 bits per heavy atom. The summed E-state index contributed by atoms with van der Waals surface area (Å²) in [5.41, 5.74) is 2.67. The fourth-order valence-corrected chi connectivity index (χ4v) is 3.12. The van der Waals surface area contributed by atoms with Crippen LogP contribution in [0, 0.1) is 5.92 Å². The predicted octanol–water partition coefficient (Wildman–Crippen LogP) is 3.50. The minimum absolute atomic E-state index is 0.696. The maximum absolute atomic E-state index is 4.20. The van der Waals surface area contributed by atoms with Crippen molar-refractivity contribution in [2.45, 2.75) is 31.7 Å².